The first-order valence-corrected chi connectivity index (χ1v) is 9.30. The summed E-state index contributed by atoms with van der Waals surface area (Å²) in [6.07, 6.45) is -3.45. The largest absolute Gasteiger partial charge is 0.370 e. The third-order valence-electron chi connectivity index (χ3n) is 3.47. The number of aliphatic hydroxyl groups is 4. The third-order valence-corrected chi connectivity index (χ3v) is 5.25. The second-order valence-electron chi connectivity index (χ2n) is 5.53. The molecule has 27 heavy (non-hydrogen) atoms. The van der Waals surface area contributed by atoms with Crippen molar-refractivity contribution in [3.63, 3.8) is 0 Å². The maximum Gasteiger partial charge on any atom is 0.241 e. The van der Waals surface area contributed by atoms with Crippen molar-refractivity contribution in [1.82, 2.24) is 9.71 Å². The van der Waals surface area contributed by atoms with Gasteiger partial charge in [0.05, 0.1) is 16.0 Å². The molecule has 0 unspecified atom stereocenters. The molecule has 9 N–H and O–H groups in total. The zero-order valence-corrected chi connectivity index (χ0v) is 15.3. The van der Waals surface area contributed by atoms with Crippen molar-refractivity contribution in [2.45, 2.75) is 29.9 Å². The summed E-state index contributed by atoms with van der Waals surface area (Å²) in [6.45, 7) is 0. The minimum absolute atomic E-state index is 0.0379. The van der Waals surface area contributed by atoms with Crippen molar-refractivity contribution in [3.05, 3.63) is 29.4 Å². The molecule has 0 aliphatic heterocycles. The quantitative estimate of drug-likeness (QED) is 0.157. The van der Waals surface area contributed by atoms with Gasteiger partial charge in [0.15, 0.2) is 24.4 Å². The molecule has 0 saturated carbocycles. The predicted molar refractivity (Wildman–Crippen MR) is 97.4 cm³/mol. The van der Waals surface area contributed by atoms with Crippen LogP contribution in [0.2, 0.25) is 5.02 Å². The lowest BCUT2D eigenvalue weighted by atomic mass is 10.1. The van der Waals surface area contributed by atoms with Crippen LogP contribution in [-0.2, 0) is 10.0 Å². The highest BCUT2D eigenvalue weighted by Gasteiger charge is 2.27. The number of rotatable bonds is 7. The smallest absolute Gasteiger partial charge is 0.241 e. The van der Waals surface area contributed by atoms with E-state index in [0.29, 0.717) is 5.39 Å². The Morgan fingerprint density at radius 1 is 1.22 bits per heavy atom. The van der Waals surface area contributed by atoms with Crippen molar-refractivity contribution < 1.29 is 28.8 Å². The van der Waals surface area contributed by atoms with Crippen LogP contribution in [0, 0.1) is 0 Å². The molecule has 148 valence electrons. The molecule has 0 aliphatic rings. The number of aliphatic imine (C=N–C) groups is 1. The van der Waals surface area contributed by atoms with Gasteiger partial charge >= 0.3 is 0 Å². The molecular formula is C14H18ClN5O6S. The molecule has 11 nitrogen and oxygen atoms in total. The Morgan fingerprint density at radius 3 is 2.44 bits per heavy atom. The molecule has 13 heteroatoms. The van der Waals surface area contributed by atoms with Crippen molar-refractivity contribution in [3.8, 4) is 0 Å². The van der Waals surface area contributed by atoms with E-state index in [4.69, 9.17) is 33.3 Å². The number of halogens is 1. The van der Waals surface area contributed by atoms with Gasteiger partial charge < -0.3 is 31.9 Å². The SMILES string of the molecule is NC(N)=Nc1ncc(Cl)c2ccc(S(=O)(=O)N[C@H](CC(O)O)C(O)O)cc12. The van der Waals surface area contributed by atoms with Crippen molar-refractivity contribution in [2.24, 2.45) is 16.5 Å². The first-order chi connectivity index (χ1) is 12.5. The Morgan fingerprint density at radius 2 is 1.89 bits per heavy atom. The zero-order valence-electron chi connectivity index (χ0n) is 13.7. The number of guanidine groups is 1. The van der Waals surface area contributed by atoms with Gasteiger partial charge in [-0.25, -0.2) is 18.1 Å². The van der Waals surface area contributed by atoms with E-state index < -0.39 is 35.1 Å². The average Bonchev–Trinajstić information content (AvgIpc) is 2.55. The number of benzene rings is 1. The minimum atomic E-state index is -4.27. The molecule has 1 aromatic heterocycles. The summed E-state index contributed by atoms with van der Waals surface area (Å²) >= 11 is 6.06. The fourth-order valence-corrected chi connectivity index (χ4v) is 3.76. The molecule has 0 spiro atoms. The van der Waals surface area contributed by atoms with Crippen LogP contribution in [0.25, 0.3) is 10.8 Å². The van der Waals surface area contributed by atoms with Crippen LogP contribution in [0.3, 0.4) is 0 Å². The lowest BCUT2D eigenvalue weighted by Crippen LogP contribution is -2.45. The minimum Gasteiger partial charge on any atom is -0.370 e. The maximum atomic E-state index is 12.6. The molecule has 0 aliphatic carbocycles. The van der Waals surface area contributed by atoms with Crippen LogP contribution in [-0.4, -0.2) is 58.4 Å². The van der Waals surface area contributed by atoms with Crippen LogP contribution < -0.4 is 16.2 Å². The van der Waals surface area contributed by atoms with Crippen LogP contribution in [0.5, 0.6) is 0 Å². The number of nitrogens with zero attached hydrogens (tertiary/aromatic N) is 2. The summed E-state index contributed by atoms with van der Waals surface area (Å²) < 4.78 is 27.1. The van der Waals surface area contributed by atoms with E-state index >= 15 is 0 Å². The molecule has 0 radical (unpaired) electrons. The number of nitrogens with two attached hydrogens (primary N) is 2. The van der Waals surface area contributed by atoms with E-state index in [9.17, 15) is 18.6 Å². The van der Waals surface area contributed by atoms with Gasteiger partial charge in [-0.15, -0.1) is 0 Å². The Kier molecular flexibility index (Phi) is 6.54. The Hall–Kier alpha value is -2.06. The third kappa shape index (κ3) is 5.23. The number of nitrogens with one attached hydrogen (secondary N) is 1. The second-order valence-corrected chi connectivity index (χ2v) is 7.65. The molecular weight excluding hydrogens is 402 g/mol. The van der Waals surface area contributed by atoms with Gasteiger partial charge in [-0.3, -0.25) is 0 Å². The predicted octanol–water partition coefficient (Wildman–Crippen LogP) is -1.55. The first kappa shape index (κ1) is 21.2. The molecule has 0 bridgehead atoms. The molecule has 1 aromatic carbocycles. The molecule has 0 saturated heterocycles. The lowest BCUT2D eigenvalue weighted by molar-refractivity contribution is -0.103. The summed E-state index contributed by atoms with van der Waals surface area (Å²) in [5.41, 5.74) is 10.7. The maximum absolute atomic E-state index is 12.6. The number of pyridine rings is 1. The average molecular weight is 420 g/mol. The van der Waals surface area contributed by atoms with Gasteiger partial charge in [0.2, 0.25) is 10.0 Å². The Labute approximate surface area is 159 Å². The number of aromatic nitrogens is 1. The van der Waals surface area contributed by atoms with E-state index in [1.165, 1.54) is 24.4 Å². The zero-order chi connectivity index (χ0) is 20.4. The molecule has 2 rings (SSSR count). The molecule has 0 fully saturated rings. The summed E-state index contributed by atoms with van der Waals surface area (Å²) in [5.74, 6) is -0.256. The van der Waals surface area contributed by atoms with Gasteiger partial charge in [-0.1, -0.05) is 17.7 Å². The summed E-state index contributed by atoms with van der Waals surface area (Å²) in [5, 5.41) is 37.4. The van der Waals surface area contributed by atoms with E-state index in [1.54, 1.807) is 0 Å². The van der Waals surface area contributed by atoms with Crippen LogP contribution in [0.4, 0.5) is 5.82 Å². The van der Waals surface area contributed by atoms with Crippen LogP contribution >= 0.6 is 11.6 Å². The highest BCUT2D eigenvalue weighted by atomic mass is 35.5. The summed E-state index contributed by atoms with van der Waals surface area (Å²) in [4.78, 5) is 7.51. The van der Waals surface area contributed by atoms with Gasteiger partial charge in [-0.2, -0.15) is 4.99 Å². The standard InChI is InChI=1S/C14H18ClN5O6S/c15-9-5-18-12(19-14(16)17)8-3-6(1-2-7(8)9)27(25,26)20-10(13(23)24)4-11(21)22/h1-3,5,10-11,13,20-24H,4H2,(H4,16,17,18,19)/t10-/m1/s1. The van der Waals surface area contributed by atoms with E-state index in [1.807, 2.05) is 4.72 Å². The van der Waals surface area contributed by atoms with E-state index in [0.717, 1.165) is 0 Å². The number of fused-ring (bicyclic) bond motifs is 1. The highest BCUT2D eigenvalue weighted by Crippen LogP contribution is 2.31. The number of sulfonamides is 1. The monoisotopic (exact) mass is 419 g/mol. The number of aliphatic hydroxyl groups excluding tert-OH is 2. The van der Waals surface area contributed by atoms with Gasteiger partial charge in [0.25, 0.3) is 0 Å². The number of hydrogen-bond acceptors (Lipinski definition) is 8. The van der Waals surface area contributed by atoms with E-state index in [2.05, 4.69) is 9.98 Å². The fraction of sp³-hybridized carbons (Fsp3) is 0.286. The molecule has 1 heterocycles. The topological polar surface area (TPSA) is 204 Å². The Bertz CT molecular complexity index is 962. The van der Waals surface area contributed by atoms with Crippen molar-refractivity contribution in [1.29, 1.82) is 0 Å². The van der Waals surface area contributed by atoms with Crippen molar-refractivity contribution in [2.75, 3.05) is 0 Å². The second kappa shape index (κ2) is 8.31. The van der Waals surface area contributed by atoms with Gasteiger partial charge in [-0.05, 0) is 12.1 Å². The first-order valence-electron chi connectivity index (χ1n) is 7.43. The molecule has 0 amide bonds. The van der Waals surface area contributed by atoms with Crippen LogP contribution in [0.15, 0.2) is 34.3 Å². The highest BCUT2D eigenvalue weighted by molar-refractivity contribution is 7.89. The molecule has 2 aromatic rings. The summed E-state index contributed by atoms with van der Waals surface area (Å²) in [7, 11) is -4.27. The summed E-state index contributed by atoms with van der Waals surface area (Å²) in [6, 6.07) is 2.28. The number of hydrogen-bond donors (Lipinski definition) is 7. The Balaban J connectivity index is 2.52. The molecule has 1 atom stereocenters. The van der Waals surface area contributed by atoms with Crippen molar-refractivity contribution >= 4 is 44.2 Å². The fourth-order valence-electron chi connectivity index (χ4n) is 2.28. The van der Waals surface area contributed by atoms with E-state index in [-0.39, 0.29) is 27.1 Å². The van der Waals surface area contributed by atoms with Gasteiger partial charge in [0, 0.05) is 23.4 Å². The van der Waals surface area contributed by atoms with Gasteiger partial charge in [0.1, 0.15) is 0 Å². The normalized spacial score (nSPS) is 13.3. The lowest BCUT2D eigenvalue weighted by Gasteiger charge is -2.21. The van der Waals surface area contributed by atoms with Crippen LogP contribution in [0.1, 0.15) is 6.42 Å².